The Kier molecular flexibility index (Phi) is 7.85. The summed E-state index contributed by atoms with van der Waals surface area (Å²) in [6, 6.07) is 0. The maximum atomic E-state index is 9.29. The van der Waals surface area contributed by atoms with Crippen molar-refractivity contribution in [2.75, 3.05) is 52.7 Å². The first-order chi connectivity index (χ1) is 11.3. The number of aliphatic imine (C=N–C) groups is 1. The van der Waals surface area contributed by atoms with Crippen LogP contribution in [0.25, 0.3) is 0 Å². The monoisotopic (exact) mass is 325 g/mol. The molecule has 0 bridgehead atoms. The normalized spacial score (nSPS) is 25.3. The third-order valence-electron chi connectivity index (χ3n) is 4.54. The van der Waals surface area contributed by atoms with Gasteiger partial charge in [-0.25, -0.2) is 0 Å². The van der Waals surface area contributed by atoms with Gasteiger partial charge in [0.25, 0.3) is 0 Å². The Hall–Kier alpha value is -1.11. The number of aliphatic hydroxyl groups is 1. The fourth-order valence-corrected chi connectivity index (χ4v) is 3.01. The molecule has 0 aliphatic carbocycles. The van der Waals surface area contributed by atoms with E-state index in [9.17, 15) is 5.11 Å². The molecule has 0 amide bonds. The fourth-order valence-electron chi connectivity index (χ4n) is 3.01. The standard InChI is InChI=1S/C17H31N3O3/c1-2-18-16(19-8-3-15-4-10-22-11-5-15)20-13-17(6-9-21)7-12-23-14-17/h4,21H,2-3,5-14H2,1H3,(H2,18,19,20). The van der Waals surface area contributed by atoms with E-state index in [1.54, 1.807) is 0 Å². The van der Waals surface area contributed by atoms with Crippen molar-refractivity contribution in [2.45, 2.75) is 32.6 Å². The van der Waals surface area contributed by atoms with E-state index in [4.69, 9.17) is 14.5 Å². The molecule has 132 valence electrons. The van der Waals surface area contributed by atoms with E-state index < -0.39 is 0 Å². The highest BCUT2D eigenvalue weighted by molar-refractivity contribution is 5.79. The summed E-state index contributed by atoms with van der Waals surface area (Å²) in [5.74, 6) is 0.851. The van der Waals surface area contributed by atoms with Gasteiger partial charge in [-0.2, -0.15) is 0 Å². The second-order valence-electron chi connectivity index (χ2n) is 6.34. The minimum atomic E-state index is 0.000335. The fraction of sp³-hybridized carbons (Fsp3) is 0.824. The molecule has 1 atom stereocenters. The van der Waals surface area contributed by atoms with Gasteiger partial charge in [0.15, 0.2) is 5.96 Å². The molecule has 2 aliphatic rings. The van der Waals surface area contributed by atoms with Gasteiger partial charge in [-0.15, -0.1) is 0 Å². The average Bonchev–Trinajstić information content (AvgIpc) is 3.03. The Labute approximate surface area is 139 Å². The van der Waals surface area contributed by atoms with Crippen molar-refractivity contribution in [2.24, 2.45) is 10.4 Å². The molecule has 3 N–H and O–H groups in total. The van der Waals surface area contributed by atoms with Crippen LogP contribution in [-0.2, 0) is 9.47 Å². The Bertz CT molecular complexity index is 404. The lowest BCUT2D eigenvalue weighted by molar-refractivity contribution is 0.131. The lowest BCUT2D eigenvalue weighted by Gasteiger charge is -2.25. The van der Waals surface area contributed by atoms with Crippen molar-refractivity contribution >= 4 is 5.96 Å². The molecule has 1 unspecified atom stereocenters. The number of rotatable bonds is 8. The van der Waals surface area contributed by atoms with Crippen LogP contribution < -0.4 is 10.6 Å². The molecule has 2 aliphatic heterocycles. The third-order valence-corrected chi connectivity index (χ3v) is 4.54. The highest BCUT2D eigenvalue weighted by Crippen LogP contribution is 2.32. The van der Waals surface area contributed by atoms with Crippen molar-refractivity contribution in [3.05, 3.63) is 11.6 Å². The molecule has 6 nitrogen and oxygen atoms in total. The molecular formula is C17H31N3O3. The zero-order chi connectivity index (χ0) is 16.4. The Morgan fingerprint density at radius 2 is 2.26 bits per heavy atom. The maximum absolute atomic E-state index is 9.29. The van der Waals surface area contributed by atoms with Crippen LogP contribution in [0.4, 0.5) is 0 Å². The van der Waals surface area contributed by atoms with Gasteiger partial charge in [0.05, 0.1) is 26.4 Å². The number of aliphatic hydroxyl groups excluding tert-OH is 1. The Morgan fingerprint density at radius 1 is 1.35 bits per heavy atom. The summed E-state index contributed by atoms with van der Waals surface area (Å²) in [6.45, 7) is 7.72. The van der Waals surface area contributed by atoms with Crippen LogP contribution in [-0.4, -0.2) is 63.7 Å². The predicted molar refractivity (Wildman–Crippen MR) is 91.7 cm³/mol. The quantitative estimate of drug-likeness (QED) is 0.354. The van der Waals surface area contributed by atoms with Crippen LogP contribution in [0.2, 0.25) is 0 Å². The molecule has 0 aromatic carbocycles. The SMILES string of the molecule is CCNC(=NCC1(CCO)CCOC1)NCCC1=CCOCC1. The molecule has 1 fully saturated rings. The second kappa shape index (κ2) is 9.90. The zero-order valence-electron chi connectivity index (χ0n) is 14.3. The summed E-state index contributed by atoms with van der Waals surface area (Å²) >= 11 is 0. The molecule has 2 heterocycles. The smallest absolute Gasteiger partial charge is 0.191 e. The molecule has 6 heteroatoms. The van der Waals surface area contributed by atoms with Crippen molar-refractivity contribution in [3.63, 3.8) is 0 Å². The van der Waals surface area contributed by atoms with Crippen LogP contribution in [0, 0.1) is 5.41 Å². The third kappa shape index (κ3) is 6.12. The largest absolute Gasteiger partial charge is 0.396 e. The lowest BCUT2D eigenvalue weighted by Crippen LogP contribution is -2.39. The summed E-state index contributed by atoms with van der Waals surface area (Å²) in [6.07, 6.45) is 5.97. The van der Waals surface area contributed by atoms with Crippen molar-refractivity contribution in [1.29, 1.82) is 0 Å². The highest BCUT2D eigenvalue weighted by Gasteiger charge is 2.34. The van der Waals surface area contributed by atoms with E-state index in [1.807, 2.05) is 0 Å². The first-order valence-electron chi connectivity index (χ1n) is 8.74. The van der Waals surface area contributed by atoms with Crippen LogP contribution in [0.5, 0.6) is 0 Å². The van der Waals surface area contributed by atoms with Gasteiger partial charge in [-0.1, -0.05) is 11.6 Å². The lowest BCUT2D eigenvalue weighted by atomic mass is 9.84. The van der Waals surface area contributed by atoms with Gasteiger partial charge in [-0.3, -0.25) is 4.99 Å². The molecule has 0 aromatic heterocycles. The number of guanidine groups is 1. The van der Waals surface area contributed by atoms with Gasteiger partial charge < -0.3 is 25.2 Å². The van der Waals surface area contributed by atoms with Crippen LogP contribution in [0.1, 0.15) is 32.6 Å². The number of ether oxygens (including phenoxy) is 2. The van der Waals surface area contributed by atoms with E-state index in [-0.39, 0.29) is 12.0 Å². The van der Waals surface area contributed by atoms with Crippen LogP contribution >= 0.6 is 0 Å². The summed E-state index contributed by atoms with van der Waals surface area (Å²) in [5, 5.41) is 16.0. The van der Waals surface area contributed by atoms with E-state index in [2.05, 4.69) is 23.6 Å². The Balaban J connectivity index is 1.82. The highest BCUT2D eigenvalue weighted by atomic mass is 16.5. The first-order valence-corrected chi connectivity index (χ1v) is 8.74. The van der Waals surface area contributed by atoms with Crippen LogP contribution in [0.15, 0.2) is 16.6 Å². The van der Waals surface area contributed by atoms with Gasteiger partial charge in [0, 0.05) is 31.7 Å². The van der Waals surface area contributed by atoms with E-state index >= 15 is 0 Å². The van der Waals surface area contributed by atoms with Gasteiger partial charge in [-0.05, 0) is 32.6 Å². The number of nitrogens with one attached hydrogen (secondary N) is 2. The van der Waals surface area contributed by atoms with Gasteiger partial charge in [0.1, 0.15) is 0 Å². The molecule has 0 spiro atoms. The number of hydrogen-bond acceptors (Lipinski definition) is 4. The van der Waals surface area contributed by atoms with Crippen molar-refractivity contribution < 1.29 is 14.6 Å². The molecule has 1 saturated heterocycles. The van der Waals surface area contributed by atoms with E-state index in [1.165, 1.54) is 5.57 Å². The summed E-state index contributed by atoms with van der Waals surface area (Å²) in [4.78, 5) is 4.73. The van der Waals surface area contributed by atoms with E-state index in [0.717, 1.165) is 64.6 Å². The molecule has 0 radical (unpaired) electrons. The van der Waals surface area contributed by atoms with E-state index in [0.29, 0.717) is 13.2 Å². The minimum Gasteiger partial charge on any atom is -0.396 e. The number of nitrogens with zero attached hydrogens (tertiary/aromatic N) is 1. The summed E-state index contributed by atoms with van der Waals surface area (Å²) in [5.41, 5.74) is 1.46. The minimum absolute atomic E-state index is 0.000335. The first kappa shape index (κ1) is 18.2. The molecule has 23 heavy (non-hydrogen) atoms. The van der Waals surface area contributed by atoms with Gasteiger partial charge in [0.2, 0.25) is 0 Å². The zero-order valence-corrected chi connectivity index (χ0v) is 14.3. The summed E-state index contributed by atoms with van der Waals surface area (Å²) < 4.78 is 10.9. The van der Waals surface area contributed by atoms with Crippen molar-refractivity contribution in [1.82, 2.24) is 10.6 Å². The predicted octanol–water partition coefficient (Wildman–Crippen LogP) is 1.07. The summed E-state index contributed by atoms with van der Waals surface area (Å²) in [7, 11) is 0. The van der Waals surface area contributed by atoms with Gasteiger partial charge >= 0.3 is 0 Å². The molecule has 0 aromatic rings. The van der Waals surface area contributed by atoms with Crippen LogP contribution in [0.3, 0.4) is 0 Å². The molecule has 0 saturated carbocycles. The number of hydrogen-bond donors (Lipinski definition) is 3. The topological polar surface area (TPSA) is 75.1 Å². The molecule has 2 rings (SSSR count). The second-order valence-corrected chi connectivity index (χ2v) is 6.34. The van der Waals surface area contributed by atoms with Crippen molar-refractivity contribution in [3.8, 4) is 0 Å². The maximum Gasteiger partial charge on any atom is 0.191 e. The molecular weight excluding hydrogens is 294 g/mol. The Morgan fingerprint density at radius 3 is 2.91 bits per heavy atom. The average molecular weight is 325 g/mol.